The Balaban J connectivity index is 1.30. The number of aryl methyl sites for hydroxylation is 1. The number of H-pyrrole nitrogens is 1. The highest BCUT2D eigenvalue weighted by Crippen LogP contribution is 2.36. The molecule has 0 aliphatic carbocycles. The van der Waals surface area contributed by atoms with Gasteiger partial charge in [-0.25, -0.2) is 4.79 Å². The molecule has 1 unspecified atom stereocenters. The number of benzene rings is 3. The number of hydrogen-bond donors (Lipinski definition) is 1. The van der Waals surface area contributed by atoms with Gasteiger partial charge in [0.25, 0.3) is 5.91 Å². The fraction of sp³-hybridized carbons (Fsp3) is 0.265. The SMILES string of the molecule is CCOC(=O)c1oc2ccc([S+]([O-])N(CCc3ccccc3)c3ccccc3N3CCN(C(=O)c4cc[nH]n4)CC3)cc2c1C. The van der Waals surface area contributed by atoms with Crippen molar-refractivity contribution < 1.29 is 23.3 Å². The maximum atomic E-state index is 14.5. The zero-order valence-corrected chi connectivity index (χ0v) is 26.1. The number of nitrogens with one attached hydrogen (secondary N) is 1. The number of ether oxygens (including phenoxy) is 1. The molecule has 232 valence electrons. The van der Waals surface area contributed by atoms with Gasteiger partial charge in [0.15, 0.2) is 4.90 Å². The summed E-state index contributed by atoms with van der Waals surface area (Å²) < 4.78 is 27.4. The predicted octanol–water partition coefficient (Wildman–Crippen LogP) is 5.38. The lowest BCUT2D eigenvalue weighted by atomic mass is 10.1. The second-order valence-electron chi connectivity index (χ2n) is 10.7. The molecule has 10 nitrogen and oxygen atoms in total. The van der Waals surface area contributed by atoms with Crippen LogP contribution >= 0.6 is 0 Å². The van der Waals surface area contributed by atoms with Gasteiger partial charge in [-0.05, 0) is 56.2 Å². The largest absolute Gasteiger partial charge is 0.588 e. The summed E-state index contributed by atoms with van der Waals surface area (Å²) in [5.74, 6) is -0.449. The summed E-state index contributed by atoms with van der Waals surface area (Å²) in [4.78, 5) is 30.0. The number of para-hydroxylation sites is 2. The lowest BCUT2D eigenvalue weighted by Gasteiger charge is -2.38. The van der Waals surface area contributed by atoms with Crippen molar-refractivity contribution >= 4 is 45.6 Å². The van der Waals surface area contributed by atoms with Crippen molar-refractivity contribution in [1.29, 1.82) is 0 Å². The number of aromatic amines is 1. The maximum absolute atomic E-state index is 14.5. The van der Waals surface area contributed by atoms with Crippen LogP contribution in [0.1, 0.15) is 39.1 Å². The van der Waals surface area contributed by atoms with Gasteiger partial charge in [-0.15, -0.1) is 0 Å². The summed E-state index contributed by atoms with van der Waals surface area (Å²) in [6, 6.07) is 25.2. The lowest BCUT2D eigenvalue weighted by molar-refractivity contribution is 0.0491. The molecule has 6 rings (SSSR count). The van der Waals surface area contributed by atoms with Gasteiger partial charge in [0.05, 0.1) is 18.8 Å². The van der Waals surface area contributed by atoms with Crippen LogP contribution in [0.4, 0.5) is 11.4 Å². The summed E-state index contributed by atoms with van der Waals surface area (Å²) in [5.41, 5.74) is 4.54. The summed E-state index contributed by atoms with van der Waals surface area (Å²) in [5, 5.41) is 7.47. The highest BCUT2D eigenvalue weighted by atomic mass is 32.2. The van der Waals surface area contributed by atoms with Crippen molar-refractivity contribution in [3.05, 3.63) is 108 Å². The van der Waals surface area contributed by atoms with Gasteiger partial charge in [0, 0.05) is 49.4 Å². The minimum atomic E-state index is -1.59. The van der Waals surface area contributed by atoms with E-state index in [1.807, 2.05) is 64.7 Å². The predicted molar refractivity (Wildman–Crippen MR) is 174 cm³/mol. The molecule has 0 saturated carbocycles. The number of carbonyl (C=O) groups excluding carboxylic acids is 2. The Bertz CT molecular complexity index is 1770. The molecule has 1 amide bonds. The number of amides is 1. The van der Waals surface area contributed by atoms with Crippen LogP contribution in [0.3, 0.4) is 0 Å². The standard InChI is InChI=1S/C34H35N5O5S/c1-3-43-34(41)32-24(2)27-23-26(13-14-31(27)44-32)45(42)39(18-16-25-9-5-4-6-10-25)30-12-8-7-11-29(30)37-19-21-38(22-20-37)33(40)28-15-17-35-36-28/h4-15,17,23H,3,16,18-22H2,1-2H3,(H,35,36). The zero-order valence-electron chi connectivity index (χ0n) is 25.3. The van der Waals surface area contributed by atoms with Crippen molar-refractivity contribution in [2.24, 2.45) is 0 Å². The van der Waals surface area contributed by atoms with Crippen molar-refractivity contribution in [1.82, 2.24) is 15.1 Å². The number of carbonyl (C=O) groups is 2. The average Bonchev–Trinajstić information content (AvgIpc) is 3.74. The monoisotopic (exact) mass is 625 g/mol. The van der Waals surface area contributed by atoms with E-state index in [9.17, 15) is 14.1 Å². The molecular weight excluding hydrogens is 590 g/mol. The number of piperazine rings is 1. The van der Waals surface area contributed by atoms with Crippen LogP contribution in [0.25, 0.3) is 11.0 Å². The molecule has 1 atom stereocenters. The van der Waals surface area contributed by atoms with Crippen LogP contribution in [0, 0.1) is 6.92 Å². The lowest BCUT2D eigenvalue weighted by Crippen LogP contribution is -2.49. The van der Waals surface area contributed by atoms with E-state index in [0.29, 0.717) is 60.9 Å². The Morgan fingerprint density at radius 1 is 1.02 bits per heavy atom. The smallest absolute Gasteiger partial charge is 0.374 e. The Morgan fingerprint density at radius 3 is 2.51 bits per heavy atom. The first-order valence-electron chi connectivity index (χ1n) is 15.0. The minimum Gasteiger partial charge on any atom is -0.588 e. The fourth-order valence-corrected chi connectivity index (χ4v) is 6.88. The van der Waals surface area contributed by atoms with Gasteiger partial charge < -0.3 is 23.5 Å². The molecule has 5 aromatic rings. The number of aromatic nitrogens is 2. The van der Waals surface area contributed by atoms with Crippen molar-refractivity contribution in [2.45, 2.75) is 25.2 Å². The number of esters is 1. The normalized spacial score (nSPS) is 14.0. The molecule has 3 heterocycles. The molecule has 2 aromatic heterocycles. The van der Waals surface area contributed by atoms with E-state index in [0.717, 1.165) is 22.3 Å². The molecule has 11 heteroatoms. The van der Waals surface area contributed by atoms with E-state index in [-0.39, 0.29) is 18.3 Å². The number of rotatable bonds is 10. The molecule has 1 fully saturated rings. The van der Waals surface area contributed by atoms with Crippen LogP contribution in [-0.4, -0.2) is 70.9 Å². The molecule has 1 saturated heterocycles. The van der Waals surface area contributed by atoms with E-state index in [2.05, 4.69) is 27.2 Å². The van der Waals surface area contributed by atoms with Crippen molar-refractivity contribution in [3.8, 4) is 0 Å². The van der Waals surface area contributed by atoms with E-state index in [4.69, 9.17) is 9.15 Å². The second kappa shape index (κ2) is 13.5. The van der Waals surface area contributed by atoms with E-state index in [1.165, 1.54) is 0 Å². The molecule has 0 bridgehead atoms. The third kappa shape index (κ3) is 6.40. The molecule has 45 heavy (non-hydrogen) atoms. The first-order valence-corrected chi connectivity index (χ1v) is 16.1. The maximum Gasteiger partial charge on any atom is 0.374 e. The average molecular weight is 626 g/mol. The summed E-state index contributed by atoms with van der Waals surface area (Å²) >= 11 is -1.59. The van der Waals surface area contributed by atoms with Gasteiger partial charge in [0.1, 0.15) is 28.3 Å². The van der Waals surface area contributed by atoms with Gasteiger partial charge in [0.2, 0.25) is 5.76 Å². The van der Waals surface area contributed by atoms with Crippen LogP contribution in [0.15, 0.2) is 94.4 Å². The molecule has 1 aliphatic heterocycles. The number of anilines is 2. The van der Waals surface area contributed by atoms with Crippen LogP contribution in [0.2, 0.25) is 0 Å². The quantitative estimate of drug-likeness (QED) is 0.163. The second-order valence-corrected chi connectivity index (χ2v) is 12.2. The third-order valence-electron chi connectivity index (χ3n) is 7.99. The van der Waals surface area contributed by atoms with E-state index in [1.54, 1.807) is 31.3 Å². The number of nitrogens with zero attached hydrogens (tertiary/aromatic N) is 4. The number of fused-ring (bicyclic) bond motifs is 1. The Labute approximate surface area is 264 Å². The Morgan fingerprint density at radius 2 is 1.78 bits per heavy atom. The molecule has 1 N–H and O–H groups in total. The molecule has 3 aromatic carbocycles. The Hall–Kier alpha value is -4.74. The number of hydrogen-bond acceptors (Lipinski definition) is 8. The fourth-order valence-electron chi connectivity index (χ4n) is 5.63. The van der Waals surface area contributed by atoms with Gasteiger partial charge >= 0.3 is 5.97 Å². The topological polar surface area (TPSA) is 118 Å². The first kappa shape index (κ1) is 30.3. The highest BCUT2D eigenvalue weighted by Gasteiger charge is 2.30. The first-order chi connectivity index (χ1) is 21.9. The summed E-state index contributed by atoms with van der Waals surface area (Å²) in [6.07, 6.45) is 2.33. The highest BCUT2D eigenvalue weighted by molar-refractivity contribution is 7.92. The molecule has 0 spiro atoms. The van der Waals surface area contributed by atoms with Crippen molar-refractivity contribution in [3.63, 3.8) is 0 Å². The van der Waals surface area contributed by atoms with Gasteiger partial charge in [-0.1, -0.05) is 42.5 Å². The van der Waals surface area contributed by atoms with Crippen molar-refractivity contribution in [2.75, 3.05) is 48.5 Å². The van der Waals surface area contributed by atoms with Gasteiger partial charge in [-0.2, -0.15) is 9.40 Å². The third-order valence-corrected chi connectivity index (χ3v) is 9.43. The van der Waals surface area contributed by atoms with Crippen LogP contribution < -0.4 is 9.21 Å². The Kier molecular flexibility index (Phi) is 9.08. The molecular formula is C34H35N5O5S. The van der Waals surface area contributed by atoms with Gasteiger partial charge in [-0.3, -0.25) is 9.89 Å². The zero-order chi connectivity index (χ0) is 31.3. The van der Waals surface area contributed by atoms with Crippen LogP contribution in [-0.2, 0) is 22.5 Å². The summed E-state index contributed by atoms with van der Waals surface area (Å²) in [7, 11) is 0. The van der Waals surface area contributed by atoms with E-state index >= 15 is 0 Å². The molecule has 0 radical (unpaired) electrons. The molecule has 1 aliphatic rings. The van der Waals surface area contributed by atoms with Crippen LogP contribution in [0.5, 0.6) is 0 Å². The summed E-state index contributed by atoms with van der Waals surface area (Å²) in [6.45, 7) is 6.66. The van der Waals surface area contributed by atoms with E-state index < -0.39 is 17.3 Å². The minimum absolute atomic E-state index is 0.0918. The number of furan rings is 1.